The van der Waals surface area contributed by atoms with Gasteiger partial charge in [0.05, 0.1) is 22.5 Å². The third kappa shape index (κ3) is 5.17. The van der Waals surface area contributed by atoms with Gasteiger partial charge < -0.3 is 10.6 Å². The van der Waals surface area contributed by atoms with Gasteiger partial charge in [0.25, 0.3) is 20.2 Å². The van der Waals surface area contributed by atoms with Crippen molar-refractivity contribution in [1.29, 1.82) is 0 Å². The SMILES string of the molecule is Cc1cc(C)c(S(=O)(=O)O)c(C)c1Nc1c2c(c(Nc3c(C)cc(C)c(S(=O)(=O)O)c3C)c3ccccc13)C(=O)CCC2=O. The maximum absolute atomic E-state index is 13.6. The van der Waals surface area contributed by atoms with E-state index in [-0.39, 0.29) is 56.5 Å². The van der Waals surface area contributed by atoms with Crippen molar-refractivity contribution in [2.24, 2.45) is 0 Å². The van der Waals surface area contributed by atoms with Gasteiger partial charge in [-0.2, -0.15) is 16.8 Å². The van der Waals surface area contributed by atoms with Gasteiger partial charge in [-0.25, -0.2) is 0 Å². The average Bonchev–Trinajstić information content (AvgIpc) is 2.89. The molecule has 0 aliphatic heterocycles. The van der Waals surface area contributed by atoms with Crippen LogP contribution in [0.2, 0.25) is 0 Å². The highest BCUT2D eigenvalue weighted by atomic mass is 32.2. The Hall–Kier alpha value is -4.10. The monoisotopic (exact) mass is 636 g/mol. The molecule has 0 spiro atoms. The van der Waals surface area contributed by atoms with Gasteiger partial charge in [0.1, 0.15) is 9.79 Å². The molecule has 1 aliphatic rings. The van der Waals surface area contributed by atoms with Crippen molar-refractivity contribution >= 4 is 65.3 Å². The largest absolute Gasteiger partial charge is 0.354 e. The van der Waals surface area contributed by atoms with E-state index in [1.807, 2.05) is 0 Å². The summed E-state index contributed by atoms with van der Waals surface area (Å²) in [6, 6.07) is 10.3. The van der Waals surface area contributed by atoms with Crippen LogP contribution in [-0.4, -0.2) is 37.5 Å². The molecule has 10 nitrogen and oxygen atoms in total. The minimum atomic E-state index is -4.57. The van der Waals surface area contributed by atoms with Crippen molar-refractivity contribution in [1.82, 2.24) is 0 Å². The van der Waals surface area contributed by atoms with Crippen molar-refractivity contribution in [3.8, 4) is 0 Å². The van der Waals surface area contributed by atoms with Gasteiger partial charge in [0.2, 0.25) is 0 Å². The van der Waals surface area contributed by atoms with Crippen LogP contribution in [0.1, 0.15) is 66.9 Å². The van der Waals surface area contributed by atoms with Crippen molar-refractivity contribution < 1.29 is 35.5 Å². The number of carbonyl (C=O) groups excluding carboxylic acids is 2. The fourth-order valence-electron chi connectivity index (χ4n) is 6.50. The molecule has 230 valence electrons. The van der Waals surface area contributed by atoms with Crippen LogP contribution >= 0.6 is 0 Å². The number of nitrogens with one attached hydrogen (secondary N) is 2. The quantitative estimate of drug-likeness (QED) is 0.130. The van der Waals surface area contributed by atoms with Crippen LogP contribution in [0.25, 0.3) is 10.8 Å². The number of hydrogen-bond donors (Lipinski definition) is 4. The van der Waals surface area contributed by atoms with Crippen LogP contribution in [0.3, 0.4) is 0 Å². The van der Waals surface area contributed by atoms with Crippen LogP contribution < -0.4 is 10.6 Å². The van der Waals surface area contributed by atoms with Gasteiger partial charge in [0.15, 0.2) is 11.6 Å². The molecular formula is C32H32N2O8S2. The van der Waals surface area contributed by atoms with Crippen LogP contribution in [0.4, 0.5) is 22.7 Å². The van der Waals surface area contributed by atoms with Crippen molar-refractivity contribution in [3.63, 3.8) is 0 Å². The zero-order valence-corrected chi connectivity index (χ0v) is 26.7. The Morgan fingerprint density at radius 3 is 1.23 bits per heavy atom. The second-order valence-electron chi connectivity index (χ2n) is 11.3. The summed E-state index contributed by atoms with van der Waals surface area (Å²) in [7, 11) is -9.15. The number of aryl methyl sites for hydroxylation is 4. The molecule has 44 heavy (non-hydrogen) atoms. The lowest BCUT2D eigenvalue weighted by molar-refractivity contribution is 0.0892. The molecule has 0 unspecified atom stereocenters. The number of rotatable bonds is 6. The minimum Gasteiger partial charge on any atom is -0.354 e. The van der Waals surface area contributed by atoms with Crippen LogP contribution in [0.15, 0.2) is 46.2 Å². The van der Waals surface area contributed by atoms with Gasteiger partial charge in [-0.05, 0) is 74.9 Å². The first kappa shape index (κ1) is 31.3. The number of Topliss-reactive ketones (excluding diaryl/α,β-unsaturated/α-hetero) is 2. The van der Waals surface area contributed by atoms with E-state index in [1.54, 1.807) is 77.9 Å². The Bertz CT molecular complexity index is 2020. The lowest BCUT2D eigenvalue weighted by Crippen LogP contribution is -2.21. The number of fused-ring (bicyclic) bond motifs is 2. The van der Waals surface area contributed by atoms with Gasteiger partial charge >= 0.3 is 0 Å². The predicted octanol–water partition coefficient (Wildman–Crippen LogP) is 6.83. The molecule has 1 aliphatic carbocycles. The molecular weight excluding hydrogens is 604 g/mol. The molecule has 12 heteroatoms. The molecule has 0 amide bonds. The summed E-state index contributed by atoms with van der Waals surface area (Å²) >= 11 is 0. The summed E-state index contributed by atoms with van der Waals surface area (Å²) in [5.74, 6) is -0.603. The highest BCUT2D eigenvalue weighted by Gasteiger charge is 2.33. The zero-order valence-electron chi connectivity index (χ0n) is 25.0. The van der Waals surface area contributed by atoms with Gasteiger partial charge in [-0.3, -0.25) is 18.7 Å². The summed E-state index contributed by atoms with van der Waals surface area (Å²) in [4.78, 5) is 26.8. The topological polar surface area (TPSA) is 167 Å². The van der Waals surface area contributed by atoms with Crippen LogP contribution in [0, 0.1) is 41.5 Å². The number of carbonyl (C=O) groups is 2. The highest BCUT2D eigenvalue weighted by Crippen LogP contribution is 2.46. The van der Waals surface area contributed by atoms with Crippen LogP contribution in [-0.2, 0) is 20.2 Å². The fraction of sp³-hybridized carbons (Fsp3) is 0.250. The molecule has 0 atom stereocenters. The zero-order chi connectivity index (χ0) is 32.5. The van der Waals surface area contributed by atoms with Gasteiger partial charge in [-0.1, -0.05) is 36.4 Å². The molecule has 4 N–H and O–H groups in total. The first-order chi connectivity index (χ1) is 20.4. The van der Waals surface area contributed by atoms with E-state index in [9.17, 15) is 35.5 Å². The van der Waals surface area contributed by atoms with E-state index in [0.29, 0.717) is 55.8 Å². The Kier molecular flexibility index (Phi) is 7.70. The summed E-state index contributed by atoms with van der Waals surface area (Å²) < 4.78 is 69.0. The van der Waals surface area contributed by atoms with E-state index in [0.717, 1.165) is 0 Å². The molecule has 5 rings (SSSR count). The predicted molar refractivity (Wildman–Crippen MR) is 169 cm³/mol. The summed E-state index contributed by atoms with van der Waals surface area (Å²) in [6.07, 6.45) is -0.0637. The van der Waals surface area contributed by atoms with Crippen molar-refractivity contribution in [2.45, 2.75) is 64.2 Å². The molecule has 0 bridgehead atoms. The summed E-state index contributed by atoms with van der Waals surface area (Å²) in [6.45, 7) is 9.80. The van der Waals surface area contributed by atoms with E-state index >= 15 is 0 Å². The minimum absolute atomic E-state index is 0.0318. The fourth-order valence-corrected chi connectivity index (χ4v) is 8.41. The number of anilines is 4. The van der Waals surface area contributed by atoms with Crippen molar-refractivity contribution in [2.75, 3.05) is 10.6 Å². The Balaban J connectivity index is 1.85. The molecule has 4 aromatic rings. The standard InChI is InChI=1S/C32H32N2O8S2/c1-15-13-17(3)31(43(37,38)39)19(5)27(15)33-29-21-9-7-8-10-22(21)30(26-24(36)12-11-23(35)25(26)29)34-28-16(2)14-18(4)32(20(28)6)44(40,41)42/h7-10,13-14,33-34H,11-12H2,1-6H3,(H,37,38,39)(H,40,41,42). The highest BCUT2D eigenvalue weighted by molar-refractivity contribution is 7.86. The molecule has 0 fully saturated rings. The molecule has 0 saturated heterocycles. The van der Waals surface area contributed by atoms with Gasteiger partial charge in [-0.15, -0.1) is 0 Å². The molecule has 0 saturated carbocycles. The Morgan fingerprint density at radius 2 is 0.909 bits per heavy atom. The average molecular weight is 637 g/mol. The lowest BCUT2D eigenvalue weighted by atomic mass is 9.83. The Morgan fingerprint density at radius 1 is 0.568 bits per heavy atom. The second-order valence-corrected chi connectivity index (χ2v) is 14.0. The van der Waals surface area contributed by atoms with E-state index in [1.165, 1.54) is 0 Å². The second kappa shape index (κ2) is 10.8. The molecule has 0 aromatic heterocycles. The smallest absolute Gasteiger partial charge is 0.295 e. The third-order valence-electron chi connectivity index (χ3n) is 8.17. The van der Waals surface area contributed by atoms with Crippen molar-refractivity contribution in [3.05, 3.63) is 80.9 Å². The first-order valence-corrected chi connectivity index (χ1v) is 16.7. The number of ketones is 2. The maximum Gasteiger partial charge on any atom is 0.295 e. The first-order valence-electron chi connectivity index (χ1n) is 13.8. The van der Waals surface area contributed by atoms with E-state index < -0.39 is 20.2 Å². The number of hydrogen-bond acceptors (Lipinski definition) is 8. The normalized spacial score (nSPS) is 13.7. The van der Waals surface area contributed by atoms with E-state index in [4.69, 9.17) is 0 Å². The van der Waals surface area contributed by atoms with Crippen LogP contribution in [0.5, 0.6) is 0 Å². The molecule has 0 radical (unpaired) electrons. The Labute approximate surface area is 256 Å². The molecule has 4 aromatic carbocycles. The number of benzene rings is 4. The van der Waals surface area contributed by atoms with E-state index in [2.05, 4.69) is 10.6 Å². The van der Waals surface area contributed by atoms with Gasteiger partial charge in [0, 0.05) is 35.0 Å². The lowest BCUT2D eigenvalue weighted by Gasteiger charge is -2.27. The summed E-state index contributed by atoms with van der Waals surface area (Å²) in [5, 5.41) is 7.61. The summed E-state index contributed by atoms with van der Waals surface area (Å²) in [5.41, 5.74) is 4.13. The third-order valence-corrected chi connectivity index (χ3v) is 10.5. The molecule has 0 heterocycles. The maximum atomic E-state index is 13.6.